The highest BCUT2D eigenvalue weighted by atomic mass is 32.1. The van der Waals surface area contributed by atoms with Crippen molar-refractivity contribution in [2.75, 3.05) is 25.2 Å². The predicted molar refractivity (Wildman–Crippen MR) is 148 cm³/mol. The third-order valence-corrected chi connectivity index (χ3v) is 7.91. The molecule has 1 unspecified atom stereocenters. The van der Waals surface area contributed by atoms with E-state index in [-0.39, 0.29) is 25.6 Å². The van der Waals surface area contributed by atoms with Gasteiger partial charge in [-0.15, -0.1) is 4.80 Å². The molecule has 0 fully saturated rings. The van der Waals surface area contributed by atoms with Crippen LogP contribution in [0.15, 0.2) is 30.6 Å². The third kappa shape index (κ3) is 6.02. The maximum Gasteiger partial charge on any atom is 0.328 e. The molecular formula is C27H32FN7O5S. The summed E-state index contributed by atoms with van der Waals surface area (Å²) in [6.45, 7) is 6.79. The Balaban J connectivity index is 1.84. The Morgan fingerprint density at radius 1 is 1.27 bits per heavy atom. The summed E-state index contributed by atoms with van der Waals surface area (Å²) in [6.07, 6.45) is 0.729. The summed E-state index contributed by atoms with van der Waals surface area (Å²) in [6, 6.07) is 4.10. The number of amides is 3. The number of aliphatic hydroxyl groups is 1. The molecular weight excluding hydrogens is 553 g/mol. The van der Waals surface area contributed by atoms with Crippen LogP contribution in [0.3, 0.4) is 0 Å². The van der Waals surface area contributed by atoms with E-state index in [9.17, 15) is 19.1 Å². The van der Waals surface area contributed by atoms with E-state index in [0.717, 1.165) is 4.90 Å². The average Bonchev–Trinajstić information content (AvgIpc) is 3.58. The van der Waals surface area contributed by atoms with Gasteiger partial charge in [0.2, 0.25) is 5.91 Å². The van der Waals surface area contributed by atoms with Gasteiger partial charge in [-0.3, -0.25) is 14.6 Å². The summed E-state index contributed by atoms with van der Waals surface area (Å²) in [7, 11) is 1.44. The van der Waals surface area contributed by atoms with Gasteiger partial charge in [0, 0.05) is 17.2 Å². The summed E-state index contributed by atoms with van der Waals surface area (Å²) in [4.78, 5) is 31.0. The first-order valence-corrected chi connectivity index (χ1v) is 13.8. The number of halogens is 1. The minimum atomic E-state index is -1.44. The van der Waals surface area contributed by atoms with Gasteiger partial charge >= 0.3 is 6.03 Å². The molecule has 1 aliphatic heterocycles. The number of carbonyl (C=O) groups excluding carboxylic acids is 2. The fourth-order valence-electron chi connectivity index (χ4n) is 4.66. The van der Waals surface area contributed by atoms with Crippen LogP contribution in [-0.4, -0.2) is 69.3 Å². The summed E-state index contributed by atoms with van der Waals surface area (Å²) >= 11 is 1.19. The Morgan fingerprint density at radius 3 is 2.61 bits per heavy atom. The molecule has 4 rings (SSSR count). The highest BCUT2D eigenvalue weighted by molar-refractivity contribution is 7.19. The molecule has 2 N–H and O–H groups in total. The van der Waals surface area contributed by atoms with Gasteiger partial charge in [0.25, 0.3) is 0 Å². The number of nitrogens with zero attached hydrogens (tertiary/aromatic N) is 6. The minimum absolute atomic E-state index is 0.0151. The normalized spacial score (nSPS) is 16.4. The summed E-state index contributed by atoms with van der Waals surface area (Å²) in [5.41, 5.74) is 1.37. The number of nitriles is 1. The topological polar surface area (TPSA) is 146 Å². The largest absolute Gasteiger partial charge is 0.496 e. The first kappa shape index (κ1) is 29.9. The zero-order valence-corrected chi connectivity index (χ0v) is 24.2. The van der Waals surface area contributed by atoms with Crippen LogP contribution < -0.4 is 15.0 Å². The fraction of sp³-hybridized carbons (Fsp3) is 0.444. The van der Waals surface area contributed by atoms with E-state index in [1.165, 1.54) is 65.7 Å². The Kier molecular flexibility index (Phi) is 9.21. The molecule has 2 aromatic heterocycles. The molecule has 0 spiro atoms. The van der Waals surface area contributed by atoms with Crippen LogP contribution in [0.4, 0.5) is 14.2 Å². The Hall–Kier alpha value is -4.06. The van der Waals surface area contributed by atoms with Crippen LogP contribution in [0.5, 0.6) is 5.75 Å². The standard InChI is InChI=1S/C27H32FN7O5S/c1-15(2)32-23(36)17(4)34-24(37)22-16(3)25(35-30-10-11-31-35)41-26(22)33(27(34)38)14-21(40-12-6-9-29)19-13-18(28)7-8-20(19)39-5/h7-8,10-11,13,15,17,21,24,37H,6,12,14H2,1-5H3,(H,32,36)/t17-,21-,24?/m0/s1. The van der Waals surface area contributed by atoms with Crippen molar-refractivity contribution in [2.24, 2.45) is 0 Å². The van der Waals surface area contributed by atoms with E-state index >= 15 is 0 Å². The van der Waals surface area contributed by atoms with Crippen LogP contribution in [0.1, 0.15) is 56.2 Å². The van der Waals surface area contributed by atoms with E-state index in [0.29, 0.717) is 32.4 Å². The number of methoxy groups -OCH3 is 1. The number of benzene rings is 1. The molecule has 0 saturated carbocycles. The number of hydrogen-bond donors (Lipinski definition) is 2. The number of anilines is 1. The second kappa shape index (κ2) is 12.6. The van der Waals surface area contributed by atoms with Gasteiger partial charge in [-0.25, -0.2) is 9.18 Å². The van der Waals surface area contributed by atoms with Crippen LogP contribution >= 0.6 is 11.3 Å². The number of hydrogen-bond acceptors (Lipinski definition) is 9. The minimum Gasteiger partial charge on any atom is -0.496 e. The number of fused-ring (bicyclic) bond motifs is 1. The maximum atomic E-state index is 14.4. The SMILES string of the molecule is COc1ccc(F)cc1[C@H](CN1C(=O)N([C@@H](C)C(=O)NC(C)C)C(O)c2c1sc(-n1nccn1)c2C)OCCC#N. The number of aromatic nitrogens is 3. The van der Waals surface area contributed by atoms with Crippen molar-refractivity contribution in [1.29, 1.82) is 5.26 Å². The van der Waals surface area contributed by atoms with Gasteiger partial charge in [-0.05, 0) is 51.5 Å². The van der Waals surface area contributed by atoms with Crippen molar-refractivity contribution >= 4 is 28.3 Å². The highest BCUT2D eigenvalue weighted by Gasteiger charge is 2.45. The Morgan fingerprint density at radius 2 is 1.98 bits per heavy atom. The van der Waals surface area contributed by atoms with Crippen LogP contribution in [0.2, 0.25) is 0 Å². The molecule has 14 heteroatoms. The summed E-state index contributed by atoms with van der Waals surface area (Å²) in [5.74, 6) is -0.634. The second-order valence-electron chi connectivity index (χ2n) is 9.74. The smallest absolute Gasteiger partial charge is 0.328 e. The lowest BCUT2D eigenvalue weighted by Gasteiger charge is -2.42. The van der Waals surface area contributed by atoms with E-state index in [1.54, 1.807) is 20.8 Å². The molecule has 0 saturated heterocycles. The van der Waals surface area contributed by atoms with E-state index in [1.807, 2.05) is 6.07 Å². The van der Waals surface area contributed by atoms with Crippen molar-refractivity contribution in [3.8, 4) is 16.8 Å². The van der Waals surface area contributed by atoms with Gasteiger partial charge in [-0.1, -0.05) is 11.3 Å². The van der Waals surface area contributed by atoms with E-state index < -0.39 is 36.1 Å². The molecule has 0 bridgehead atoms. The number of ether oxygens (including phenoxy) is 2. The molecule has 3 heterocycles. The second-order valence-corrected chi connectivity index (χ2v) is 10.7. The Bertz CT molecular complexity index is 1440. The number of aliphatic hydroxyl groups excluding tert-OH is 1. The van der Waals surface area contributed by atoms with Gasteiger partial charge in [0.15, 0.2) is 6.23 Å². The van der Waals surface area contributed by atoms with Crippen molar-refractivity contribution in [2.45, 2.75) is 58.5 Å². The molecule has 3 aromatic rings. The molecule has 12 nitrogen and oxygen atoms in total. The lowest BCUT2D eigenvalue weighted by molar-refractivity contribution is -0.129. The quantitative estimate of drug-likeness (QED) is 0.325. The number of rotatable bonds is 11. The molecule has 41 heavy (non-hydrogen) atoms. The molecule has 0 aliphatic carbocycles. The predicted octanol–water partition coefficient (Wildman–Crippen LogP) is 3.60. The first-order valence-electron chi connectivity index (χ1n) is 13.0. The molecule has 3 atom stereocenters. The summed E-state index contributed by atoms with van der Waals surface area (Å²) < 4.78 is 25.9. The molecule has 218 valence electrons. The number of thiophene rings is 1. The van der Waals surface area contributed by atoms with Gasteiger partial charge in [0.05, 0.1) is 45.1 Å². The first-order chi connectivity index (χ1) is 19.6. The van der Waals surface area contributed by atoms with Gasteiger partial charge < -0.3 is 19.9 Å². The molecule has 1 aromatic carbocycles. The zero-order chi connectivity index (χ0) is 29.8. The van der Waals surface area contributed by atoms with Crippen molar-refractivity contribution in [3.05, 3.63) is 53.1 Å². The molecule has 1 aliphatic rings. The number of nitrogens with one attached hydrogen (secondary N) is 1. The van der Waals surface area contributed by atoms with E-state index in [4.69, 9.17) is 14.7 Å². The molecule has 3 amide bonds. The highest BCUT2D eigenvalue weighted by Crippen LogP contribution is 2.47. The number of carbonyl (C=O) groups is 2. The van der Waals surface area contributed by atoms with Crippen LogP contribution in [0, 0.1) is 24.1 Å². The lowest BCUT2D eigenvalue weighted by Crippen LogP contribution is -2.57. The Labute approximate surface area is 240 Å². The van der Waals surface area contributed by atoms with Crippen LogP contribution in [-0.2, 0) is 9.53 Å². The monoisotopic (exact) mass is 585 g/mol. The lowest BCUT2D eigenvalue weighted by atomic mass is 10.0. The third-order valence-electron chi connectivity index (χ3n) is 6.62. The number of urea groups is 1. The van der Waals surface area contributed by atoms with Gasteiger partial charge in [-0.2, -0.15) is 15.5 Å². The fourth-order valence-corrected chi connectivity index (χ4v) is 5.92. The molecule has 0 radical (unpaired) electrons. The summed E-state index contributed by atoms with van der Waals surface area (Å²) in [5, 5.41) is 32.8. The maximum absolute atomic E-state index is 14.4. The zero-order valence-electron chi connectivity index (χ0n) is 23.4. The van der Waals surface area contributed by atoms with Crippen molar-refractivity contribution in [3.63, 3.8) is 0 Å². The van der Waals surface area contributed by atoms with Gasteiger partial charge in [0.1, 0.15) is 33.7 Å². The average molecular weight is 586 g/mol. The van der Waals surface area contributed by atoms with Crippen molar-refractivity contribution in [1.82, 2.24) is 25.2 Å². The van der Waals surface area contributed by atoms with Crippen LogP contribution in [0.25, 0.3) is 5.00 Å². The van der Waals surface area contributed by atoms with Crippen molar-refractivity contribution < 1.29 is 28.6 Å². The van der Waals surface area contributed by atoms with E-state index in [2.05, 4.69) is 15.5 Å².